The van der Waals surface area contributed by atoms with E-state index >= 15 is 0 Å². The van der Waals surface area contributed by atoms with Gasteiger partial charge in [0.15, 0.2) is 0 Å². The van der Waals surface area contributed by atoms with Crippen LogP contribution in [0.25, 0.3) is 5.69 Å². The Labute approximate surface area is 156 Å². The van der Waals surface area contributed by atoms with Gasteiger partial charge in [-0.05, 0) is 31.2 Å². The molecule has 1 heterocycles. The first kappa shape index (κ1) is 17.8. The average molecular weight is 371 g/mol. The zero-order chi connectivity index (χ0) is 18.7. The molecule has 0 unspecified atom stereocenters. The van der Waals surface area contributed by atoms with Crippen LogP contribution in [0.15, 0.2) is 59.4 Å². The molecule has 26 heavy (non-hydrogen) atoms. The Kier molecular flexibility index (Phi) is 5.14. The maximum absolute atomic E-state index is 12.8. The molecule has 0 atom stereocenters. The van der Waals surface area contributed by atoms with Crippen LogP contribution >= 0.6 is 11.6 Å². The van der Waals surface area contributed by atoms with Crippen LogP contribution < -0.4 is 16.2 Å². The molecule has 2 aromatic carbocycles. The second-order valence-corrected chi connectivity index (χ2v) is 6.23. The third kappa shape index (κ3) is 3.50. The van der Waals surface area contributed by atoms with Crippen LogP contribution in [0, 0.1) is 6.92 Å². The lowest BCUT2D eigenvalue weighted by Crippen LogP contribution is -2.26. The molecule has 3 aromatic rings. The molecule has 6 nitrogen and oxygen atoms in total. The Balaban J connectivity index is 1.79. The molecule has 0 radical (unpaired) electrons. The molecule has 0 bridgehead atoms. The van der Waals surface area contributed by atoms with Gasteiger partial charge in [0.25, 0.3) is 5.56 Å². The standard InChI is InChI=1S/C19H19ClN4O2/c1-13-18(19(26)24(23(13)2)14-8-4-3-5-9-14)22-17(25)12-21-16-11-7-6-10-15(16)20/h3-11,21H,12H2,1-2H3,(H,22,25). The van der Waals surface area contributed by atoms with Crippen LogP contribution in [-0.4, -0.2) is 21.8 Å². The molecule has 0 spiro atoms. The number of hydrogen-bond acceptors (Lipinski definition) is 3. The van der Waals surface area contributed by atoms with Crippen molar-refractivity contribution in [3.05, 3.63) is 75.7 Å². The minimum atomic E-state index is -0.323. The van der Waals surface area contributed by atoms with E-state index in [1.165, 1.54) is 4.68 Å². The quantitative estimate of drug-likeness (QED) is 0.724. The number of carbonyl (C=O) groups excluding carboxylic acids is 1. The molecule has 3 rings (SSSR count). The lowest BCUT2D eigenvalue weighted by atomic mass is 10.3. The molecule has 0 aliphatic carbocycles. The highest BCUT2D eigenvalue weighted by Gasteiger charge is 2.18. The number of nitrogens with zero attached hydrogens (tertiary/aromatic N) is 2. The summed E-state index contributed by atoms with van der Waals surface area (Å²) in [7, 11) is 1.78. The number of para-hydroxylation sites is 2. The Bertz CT molecular complexity index is 993. The van der Waals surface area contributed by atoms with Gasteiger partial charge in [-0.2, -0.15) is 0 Å². The summed E-state index contributed by atoms with van der Waals surface area (Å²) >= 11 is 6.06. The topological polar surface area (TPSA) is 68.1 Å². The van der Waals surface area contributed by atoms with Crippen molar-refractivity contribution in [2.45, 2.75) is 6.92 Å². The van der Waals surface area contributed by atoms with Crippen molar-refractivity contribution in [1.29, 1.82) is 0 Å². The first-order valence-corrected chi connectivity index (χ1v) is 8.49. The fourth-order valence-electron chi connectivity index (χ4n) is 2.68. The van der Waals surface area contributed by atoms with Gasteiger partial charge in [-0.25, -0.2) is 4.68 Å². The van der Waals surface area contributed by atoms with E-state index in [9.17, 15) is 9.59 Å². The van der Waals surface area contributed by atoms with Crippen molar-refractivity contribution >= 4 is 28.9 Å². The molecule has 0 aliphatic heterocycles. The Morgan fingerprint density at radius 2 is 1.73 bits per heavy atom. The van der Waals surface area contributed by atoms with Crippen LogP contribution in [0.4, 0.5) is 11.4 Å². The van der Waals surface area contributed by atoms with E-state index in [1.54, 1.807) is 30.8 Å². The molecular weight excluding hydrogens is 352 g/mol. The highest BCUT2D eigenvalue weighted by Crippen LogP contribution is 2.20. The maximum Gasteiger partial charge on any atom is 0.295 e. The molecule has 1 aromatic heterocycles. The Hall–Kier alpha value is -2.99. The molecule has 0 fully saturated rings. The summed E-state index contributed by atoms with van der Waals surface area (Å²) in [6.45, 7) is 1.79. The minimum Gasteiger partial charge on any atom is -0.375 e. The molecule has 0 saturated carbocycles. The summed E-state index contributed by atoms with van der Waals surface area (Å²) in [5.74, 6) is -0.323. The fraction of sp³-hybridized carbons (Fsp3) is 0.158. The van der Waals surface area contributed by atoms with Gasteiger partial charge in [0.05, 0.1) is 28.6 Å². The van der Waals surface area contributed by atoms with Crippen molar-refractivity contribution in [2.24, 2.45) is 7.05 Å². The number of amides is 1. The van der Waals surface area contributed by atoms with Gasteiger partial charge in [-0.15, -0.1) is 0 Å². The van der Waals surface area contributed by atoms with Crippen LogP contribution in [-0.2, 0) is 11.8 Å². The highest BCUT2D eigenvalue weighted by molar-refractivity contribution is 6.33. The Morgan fingerprint density at radius 1 is 1.08 bits per heavy atom. The number of carbonyl (C=O) groups is 1. The van der Waals surface area contributed by atoms with E-state index in [4.69, 9.17) is 11.6 Å². The van der Waals surface area contributed by atoms with Gasteiger partial charge < -0.3 is 10.6 Å². The lowest BCUT2D eigenvalue weighted by molar-refractivity contribution is -0.114. The molecule has 0 saturated heterocycles. The number of halogens is 1. The predicted octanol–water partition coefficient (Wildman–Crippen LogP) is 3.19. The van der Waals surface area contributed by atoms with Crippen molar-refractivity contribution in [3.63, 3.8) is 0 Å². The van der Waals surface area contributed by atoms with Gasteiger partial charge in [-0.3, -0.25) is 14.3 Å². The molecule has 1 amide bonds. The van der Waals surface area contributed by atoms with Crippen LogP contribution in [0.1, 0.15) is 5.69 Å². The zero-order valence-electron chi connectivity index (χ0n) is 14.5. The SMILES string of the molecule is Cc1c(NC(=O)CNc2ccccc2Cl)c(=O)n(-c2ccccc2)n1C. The molecule has 0 aliphatic rings. The highest BCUT2D eigenvalue weighted by atomic mass is 35.5. The number of anilines is 2. The summed E-state index contributed by atoms with van der Waals surface area (Å²) in [5, 5.41) is 6.20. The molecular formula is C19H19ClN4O2. The summed E-state index contributed by atoms with van der Waals surface area (Å²) in [4.78, 5) is 25.0. The first-order valence-electron chi connectivity index (χ1n) is 8.11. The number of aromatic nitrogens is 2. The monoisotopic (exact) mass is 370 g/mol. The van der Waals surface area contributed by atoms with Gasteiger partial charge in [0, 0.05) is 7.05 Å². The molecule has 7 heteroatoms. The van der Waals surface area contributed by atoms with Gasteiger partial charge >= 0.3 is 0 Å². The first-order chi connectivity index (χ1) is 12.5. The van der Waals surface area contributed by atoms with E-state index in [2.05, 4.69) is 10.6 Å². The average Bonchev–Trinajstić information content (AvgIpc) is 2.85. The minimum absolute atomic E-state index is 0.00282. The number of rotatable bonds is 5. The van der Waals surface area contributed by atoms with Crippen LogP contribution in [0.3, 0.4) is 0 Å². The van der Waals surface area contributed by atoms with Crippen molar-refractivity contribution < 1.29 is 4.79 Å². The van der Waals surface area contributed by atoms with Crippen LogP contribution in [0.5, 0.6) is 0 Å². The number of benzene rings is 2. The van der Waals surface area contributed by atoms with E-state index < -0.39 is 0 Å². The third-order valence-corrected chi connectivity index (χ3v) is 4.46. The van der Waals surface area contributed by atoms with Crippen molar-refractivity contribution in [1.82, 2.24) is 9.36 Å². The second kappa shape index (κ2) is 7.49. The summed E-state index contributed by atoms with van der Waals surface area (Å²) < 4.78 is 3.24. The number of hydrogen-bond donors (Lipinski definition) is 2. The van der Waals surface area contributed by atoms with E-state index in [0.29, 0.717) is 16.4 Å². The smallest absolute Gasteiger partial charge is 0.295 e. The lowest BCUT2D eigenvalue weighted by Gasteiger charge is -2.08. The molecule has 134 valence electrons. The molecule has 2 N–H and O–H groups in total. The summed E-state index contributed by atoms with van der Waals surface area (Å²) in [6.07, 6.45) is 0. The van der Waals surface area contributed by atoms with Crippen molar-refractivity contribution in [2.75, 3.05) is 17.2 Å². The largest absolute Gasteiger partial charge is 0.375 e. The van der Waals surface area contributed by atoms with Crippen LogP contribution in [0.2, 0.25) is 5.02 Å². The second-order valence-electron chi connectivity index (χ2n) is 5.82. The predicted molar refractivity (Wildman–Crippen MR) is 104 cm³/mol. The maximum atomic E-state index is 12.8. The van der Waals surface area contributed by atoms with Gasteiger partial charge in [-0.1, -0.05) is 41.9 Å². The van der Waals surface area contributed by atoms with Gasteiger partial charge in [0.1, 0.15) is 5.69 Å². The third-order valence-electron chi connectivity index (χ3n) is 4.13. The fourth-order valence-corrected chi connectivity index (χ4v) is 2.88. The zero-order valence-corrected chi connectivity index (χ0v) is 15.2. The Morgan fingerprint density at radius 3 is 2.42 bits per heavy atom. The van der Waals surface area contributed by atoms with Gasteiger partial charge in [0.2, 0.25) is 5.91 Å². The number of nitrogens with one attached hydrogen (secondary N) is 2. The summed E-state index contributed by atoms with van der Waals surface area (Å²) in [5.41, 5.74) is 2.06. The van der Waals surface area contributed by atoms with E-state index in [0.717, 1.165) is 5.69 Å². The normalized spacial score (nSPS) is 10.6. The van der Waals surface area contributed by atoms with Crippen molar-refractivity contribution in [3.8, 4) is 5.69 Å². The summed E-state index contributed by atoms with van der Waals surface area (Å²) in [6, 6.07) is 16.4. The van der Waals surface area contributed by atoms with E-state index in [1.807, 2.05) is 42.5 Å². The van der Waals surface area contributed by atoms with E-state index in [-0.39, 0.29) is 23.7 Å².